The lowest BCUT2D eigenvalue weighted by molar-refractivity contribution is -0.141. The maximum atomic E-state index is 13.4. The van der Waals surface area contributed by atoms with Crippen molar-refractivity contribution in [1.29, 1.82) is 0 Å². The van der Waals surface area contributed by atoms with Crippen molar-refractivity contribution in [2.75, 3.05) is 5.75 Å². The molecule has 0 radical (unpaired) electrons. The van der Waals surface area contributed by atoms with Crippen molar-refractivity contribution in [2.45, 2.75) is 76.3 Å². The topological polar surface area (TPSA) is 49.4 Å². The Morgan fingerprint density at radius 2 is 1.76 bits per heavy atom. The largest absolute Gasteiger partial charge is 0.352 e. The molecule has 1 atom stereocenters. The first-order chi connectivity index (χ1) is 16.1. The number of halogens is 1. The molecule has 4 nitrogen and oxygen atoms in total. The van der Waals surface area contributed by atoms with Crippen LogP contribution in [0.15, 0.2) is 54.6 Å². The summed E-state index contributed by atoms with van der Waals surface area (Å²) in [6, 6.07) is 17.6. The monoisotopic (exact) mass is 486 g/mol. The standard InChI is InChI=1S/C27H35ClN2O2S/c1-2-25(27(32)29-23-14-7-4-8-15-23)30(19-22-13-9-10-16-24(22)28)26(31)17-18-33-20-21-11-5-3-6-12-21/h3,5-6,9-13,16,23,25H,2,4,7-8,14-15,17-20H2,1H3,(H,29,32)/t25-/m0/s1. The van der Waals surface area contributed by atoms with Gasteiger partial charge in [0.15, 0.2) is 0 Å². The molecule has 6 heteroatoms. The molecule has 0 bridgehead atoms. The van der Waals surface area contributed by atoms with Gasteiger partial charge < -0.3 is 10.2 Å². The average Bonchev–Trinajstić information content (AvgIpc) is 2.84. The molecule has 0 heterocycles. The number of benzene rings is 2. The summed E-state index contributed by atoms with van der Waals surface area (Å²) < 4.78 is 0. The van der Waals surface area contributed by atoms with Crippen LogP contribution in [0.5, 0.6) is 0 Å². The van der Waals surface area contributed by atoms with Gasteiger partial charge in [0.05, 0.1) is 0 Å². The number of thioether (sulfide) groups is 1. The van der Waals surface area contributed by atoms with E-state index in [1.807, 2.05) is 49.4 Å². The smallest absolute Gasteiger partial charge is 0.243 e. The van der Waals surface area contributed by atoms with Gasteiger partial charge in [0, 0.05) is 35.5 Å². The summed E-state index contributed by atoms with van der Waals surface area (Å²) in [4.78, 5) is 28.3. The summed E-state index contributed by atoms with van der Waals surface area (Å²) in [7, 11) is 0. The Bertz CT molecular complexity index is 887. The Morgan fingerprint density at radius 1 is 1.06 bits per heavy atom. The maximum Gasteiger partial charge on any atom is 0.243 e. The van der Waals surface area contributed by atoms with E-state index in [1.165, 1.54) is 12.0 Å². The molecule has 1 saturated carbocycles. The fourth-order valence-electron chi connectivity index (χ4n) is 4.34. The number of rotatable bonds is 11. The summed E-state index contributed by atoms with van der Waals surface area (Å²) in [5, 5.41) is 3.84. The second kappa shape index (κ2) is 13.7. The van der Waals surface area contributed by atoms with E-state index in [1.54, 1.807) is 16.7 Å². The van der Waals surface area contributed by atoms with Crippen LogP contribution in [0.4, 0.5) is 0 Å². The van der Waals surface area contributed by atoms with E-state index < -0.39 is 6.04 Å². The molecule has 0 unspecified atom stereocenters. The molecule has 0 spiro atoms. The number of carbonyl (C=O) groups is 2. The predicted molar refractivity (Wildman–Crippen MR) is 138 cm³/mol. The molecule has 0 aromatic heterocycles. The van der Waals surface area contributed by atoms with Gasteiger partial charge in [-0.05, 0) is 36.5 Å². The zero-order valence-electron chi connectivity index (χ0n) is 19.5. The molecule has 1 aliphatic rings. The van der Waals surface area contributed by atoms with Gasteiger partial charge in [0.2, 0.25) is 11.8 Å². The van der Waals surface area contributed by atoms with E-state index in [0.717, 1.165) is 37.0 Å². The van der Waals surface area contributed by atoms with Gasteiger partial charge in [-0.15, -0.1) is 0 Å². The SMILES string of the molecule is CC[C@@H](C(=O)NC1CCCCC1)N(Cc1ccccc1Cl)C(=O)CCSCc1ccccc1. The summed E-state index contributed by atoms with van der Waals surface area (Å²) in [6.07, 6.45) is 6.57. The first kappa shape index (κ1) is 25.6. The van der Waals surface area contributed by atoms with Gasteiger partial charge in [-0.3, -0.25) is 9.59 Å². The summed E-state index contributed by atoms with van der Waals surface area (Å²) in [6.45, 7) is 2.32. The number of amides is 2. The minimum Gasteiger partial charge on any atom is -0.352 e. The van der Waals surface area contributed by atoms with Crippen molar-refractivity contribution in [3.8, 4) is 0 Å². The van der Waals surface area contributed by atoms with Crippen LogP contribution < -0.4 is 5.32 Å². The highest BCUT2D eigenvalue weighted by molar-refractivity contribution is 7.98. The van der Waals surface area contributed by atoms with E-state index in [-0.39, 0.29) is 17.9 Å². The fourth-order valence-corrected chi connectivity index (χ4v) is 5.43. The predicted octanol–water partition coefficient (Wildman–Crippen LogP) is 6.22. The van der Waals surface area contributed by atoms with Crippen LogP contribution in [0, 0.1) is 0 Å². The van der Waals surface area contributed by atoms with Crippen molar-refractivity contribution in [3.05, 3.63) is 70.7 Å². The average molecular weight is 487 g/mol. The zero-order valence-corrected chi connectivity index (χ0v) is 21.0. The second-order valence-electron chi connectivity index (χ2n) is 8.67. The highest BCUT2D eigenvalue weighted by atomic mass is 35.5. The Labute approximate surface area is 207 Å². The van der Waals surface area contributed by atoms with Gasteiger partial charge in [-0.1, -0.05) is 86.3 Å². The lowest BCUT2D eigenvalue weighted by Gasteiger charge is -2.33. The van der Waals surface area contributed by atoms with Crippen LogP contribution in [0.2, 0.25) is 5.02 Å². The lowest BCUT2D eigenvalue weighted by Crippen LogP contribution is -2.51. The van der Waals surface area contributed by atoms with Crippen molar-refractivity contribution in [3.63, 3.8) is 0 Å². The van der Waals surface area contributed by atoms with E-state index in [9.17, 15) is 9.59 Å². The van der Waals surface area contributed by atoms with Crippen molar-refractivity contribution >= 4 is 35.2 Å². The molecule has 3 rings (SSSR count). The Morgan fingerprint density at radius 3 is 2.45 bits per heavy atom. The number of nitrogens with zero attached hydrogens (tertiary/aromatic N) is 1. The molecule has 178 valence electrons. The molecule has 1 N–H and O–H groups in total. The van der Waals surface area contributed by atoms with Crippen molar-refractivity contribution in [2.24, 2.45) is 0 Å². The van der Waals surface area contributed by atoms with E-state index in [2.05, 4.69) is 17.4 Å². The molecular formula is C27H35ClN2O2S. The minimum atomic E-state index is -0.491. The highest BCUT2D eigenvalue weighted by Gasteiger charge is 2.30. The molecular weight excluding hydrogens is 452 g/mol. The van der Waals surface area contributed by atoms with Gasteiger partial charge in [0.25, 0.3) is 0 Å². The summed E-state index contributed by atoms with van der Waals surface area (Å²) in [5.74, 6) is 1.55. The number of nitrogens with one attached hydrogen (secondary N) is 1. The van der Waals surface area contributed by atoms with Gasteiger partial charge in [-0.2, -0.15) is 11.8 Å². The van der Waals surface area contributed by atoms with E-state index in [4.69, 9.17) is 11.6 Å². The van der Waals surface area contributed by atoms with Crippen LogP contribution >= 0.6 is 23.4 Å². The van der Waals surface area contributed by atoms with Gasteiger partial charge in [0.1, 0.15) is 6.04 Å². The van der Waals surface area contributed by atoms with Crippen molar-refractivity contribution in [1.82, 2.24) is 10.2 Å². The molecule has 2 aromatic carbocycles. The first-order valence-electron chi connectivity index (χ1n) is 12.0. The molecule has 0 aliphatic heterocycles. The lowest BCUT2D eigenvalue weighted by atomic mass is 9.95. The quantitative estimate of drug-likeness (QED) is 0.383. The van der Waals surface area contributed by atoms with Crippen LogP contribution in [0.3, 0.4) is 0 Å². The molecule has 2 aromatic rings. The van der Waals surface area contributed by atoms with Gasteiger partial charge in [-0.25, -0.2) is 0 Å². The number of hydrogen-bond acceptors (Lipinski definition) is 3. The number of carbonyl (C=O) groups excluding carboxylic acids is 2. The first-order valence-corrected chi connectivity index (χ1v) is 13.6. The Balaban J connectivity index is 1.66. The van der Waals surface area contributed by atoms with E-state index in [0.29, 0.717) is 30.2 Å². The molecule has 2 amide bonds. The minimum absolute atomic E-state index is 0.00104. The third kappa shape index (κ3) is 8.08. The molecule has 33 heavy (non-hydrogen) atoms. The molecule has 1 aliphatic carbocycles. The summed E-state index contributed by atoms with van der Waals surface area (Å²) >= 11 is 8.15. The third-order valence-corrected chi connectivity index (χ3v) is 7.61. The highest BCUT2D eigenvalue weighted by Crippen LogP contribution is 2.22. The zero-order chi connectivity index (χ0) is 23.5. The summed E-state index contributed by atoms with van der Waals surface area (Å²) in [5.41, 5.74) is 2.12. The van der Waals surface area contributed by atoms with E-state index >= 15 is 0 Å². The normalized spacial score (nSPS) is 15.1. The van der Waals surface area contributed by atoms with Crippen molar-refractivity contribution < 1.29 is 9.59 Å². The maximum absolute atomic E-state index is 13.4. The van der Waals surface area contributed by atoms with Crippen LogP contribution in [-0.4, -0.2) is 34.6 Å². The third-order valence-electron chi connectivity index (χ3n) is 6.21. The van der Waals surface area contributed by atoms with Gasteiger partial charge >= 0.3 is 0 Å². The number of hydrogen-bond donors (Lipinski definition) is 1. The van der Waals surface area contributed by atoms with Crippen LogP contribution in [0.1, 0.15) is 63.0 Å². The Hall–Kier alpha value is -1.98. The van der Waals surface area contributed by atoms with Crippen LogP contribution in [-0.2, 0) is 21.9 Å². The van der Waals surface area contributed by atoms with Crippen LogP contribution in [0.25, 0.3) is 0 Å². The fraction of sp³-hybridized carbons (Fsp3) is 0.481. The molecule has 0 saturated heterocycles. The molecule has 1 fully saturated rings. The second-order valence-corrected chi connectivity index (χ2v) is 10.2. The Kier molecular flexibility index (Phi) is 10.6.